The predicted molar refractivity (Wildman–Crippen MR) is 124 cm³/mol. The number of likely N-dealkylation sites (tertiary alicyclic amines) is 2. The normalized spacial score (nSPS) is 26.7. The number of fused-ring (bicyclic) bond motifs is 1. The van der Waals surface area contributed by atoms with Gasteiger partial charge in [0.2, 0.25) is 5.91 Å². The lowest BCUT2D eigenvalue weighted by Gasteiger charge is -2.38. The molecule has 2 atom stereocenters. The number of allylic oxidation sites excluding steroid dienone is 2. The molecule has 0 bridgehead atoms. The molecule has 0 radical (unpaired) electrons. The van der Waals surface area contributed by atoms with E-state index in [1.807, 2.05) is 34.1 Å². The molecule has 0 saturated carbocycles. The quantitative estimate of drug-likeness (QED) is 0.787. The average Bonchev–Trinajstić information content (AvgIpc) is 3.34. The van der Waals surface area contributed by atoms with Crippen LogP contribution < -0.4 is 4.90 Å². The van der Waals surface area contributed by atoms with Gasteiger partial charge in [0.05, 0.1) is 12.0 Å². The highest BCUT2D eigenvalue weighted by atomic mass is 16.3. The number of benzene rings is 1. The Bertz CT molecular complexity index is 873. The van der Waals surface area contributed by atoms with E-state index in [2.05, 4.69) is 11.0 Å². The molecule has 3 saturated heterocycles. The summed E-state index contributed by atoms with van der Waals surface area (Å²) < 4.78 is 0. The molecule has 3 heterocycles. The van der Waals surface area contributed by atoms with Crippen LogP contribution in [0.2, 0.25) is 0 Å². The fourth-order valence-electron chi connectivity index (χ4n) is 5.91. The van der Waals surface area contributed by atoms with Crippen LogP contribution >= 0.6 is 0 Å². The number of amides is 2. The minimum atomic E-state index is -0.259. The van der Waals surface area contributed by atoms with Gasteiger partial charge in [-0.2, -0.15) is 0 Å². The van der Waals surface area contributed by atoms with Gasteiger partial charge in [-0.3, -0.25) is 9.59 Å². The second-order valence-electron chi connectivity index (χ2n) is 9.89. The van der Waals surface area contributed by atoms with Crippen LogP contribution in [0.1, 0.15) is 61.7 Å². The topological polar surface area (TPSA) is 64.1 Å². The Labute approximate surface area is 190 Å². The first-order valence-corrected chi connectivity index (χ1v) is 12.4. The zero-order chi connectivity index (χ0) is 22.1. The molecular formula is C26H35N3O3. The number of hydrogen-bond donors (Lipinski definition) is 1. The Kier molecular flexibility index (Phi) is 6.22. The first-order chi connectivity index (χ1) is 15.6. The first-order valence-electron chi connectivity index (χ1n) is 12.4. The van der Waals surface area contributed by atoms with Crippen molar-refractivity contribution < 1.29 is 14.7 Å². The molecule has 2 amide bonds. The highest BCUT2D eigenvalue weighted by molar-refractivity contribution is 5.96. The summed E-state index contributed by atoms with van der Waals surface area (Å²) in [5, 5.41) is 9.69. The van der Waals surface area contributed by atoms with E-state index in [-0.39, 0.29) is 23.8 Å². The van der Waals surface area contributed by atoms with Crippen molar-refractivity contribution in [2.24, 2.45) is 11.8 Å². The van der Waals surface area contributed by atoms with Gasteiger partial charge in [-0.25, -0.2) is 0 Å². The number of nitrogens with zero attached hydrogens (tertiary/aromatic N) is 3. The third-order valence-corrected chi connectivity index (χ3v) is 7.81. The lowest BCUT2D eigenvalue weighted by atomic mass is 9.84. The predicted octanol–water partition coefficient (Wildman–Crippen LogP) is 3.42. The molecule has 5 rings (SSSR count). The number of anilines is 1. The van der Waals surface area contributed by atoms with Crippen LogP contribution in [0.3, 0.4) is 0 Å². The maximum atomic E-state index is 13.2. The molecule has 6 nitrogen and oxygen atoms in total. The van der Waals surface area contributed by atoms with E-state index in [4.69, 9.17) is 0 Å². The highest BCUT2D eigenvalue weighted by Crippen LogP contribution is 2.36. The summed E-state index contributed by atoms with van der Waals surface area (Å²) in [7, 11) is 0. The number of aliphatic hydroxyl groups excluding tert-OH is 1. The molecule has 2 unspecified atom stereocenters. The standard InChI is InChI=1S/C26H35N3O3/c30-23-12-16-27(17-13-23)25(31)21-11-15-28(18-21)22-9-7-20(8-10-22)26(32)29-14-3-5-19-4-1-2-6-24(19)29/h6-10,19,21,23,30H,1-5,11-18H2. The van der Waals surface area contributed by atoms with Crippen molar-refractivity contribution in [2.45, 2.75) is 57.5 Å². The average molecular weight is 438 g/mol. The van der Waals surface area contributed by atoms with E-state index < -0.39 is 0 Å². The van der Waals surface area contributed by atoms with E-state index in [0.717, 1.165) is 50.1 Å². The van der Waals surface area contributed by atoms with Crippen LogP contribution in [0.4, 0.5) is 5.69 Å². The number of piperidine rings is 2. The van der Waals surface area contributed by atoms with Gasteiger partial charge < -0.3 is 19.8 Å². The molecule has 1 N–H and O–H groups in total. The Balaban J connectivity index is 1.21. The van der Waals surface area contributed by atoms with Gasteiger partial charge in [0.15, 0.2) is 0 Å². The molecule has 1 aliphatic carbocycles. The first kappa shape index (κ1) is 21.5. The lowest BCUT2D eigenvalue weighted by Crippen LogP contribution is -2.43. The summed E-state index contributed by atoms with van der Waals surface area (Å²) in [5.41, 5.74) is 3.08. The zero-order valence-corrected chi connectivity index (χ0v) is 18.9. The van der Waals surface area contributed by atoms with E-state index in [0.29, 0.717) is 31.8 Å². The van der Waals surface area contributed by atoms with E-state index >= 15 is 0 Å². The Morgan fingerprint density at radius 1 is 0.875 bits per heavy atom. The summed E-state index contributed by atoms with van der Waals surface area (Å²) in [6.07, 6.45) is 10.1. The third-order valence-electron chi connectivity index (χ3n) is 7.81. The molecule has 3 aliphatic heterocycles. The van der Waals surface area contributed by atoms with Gasteiger partial charge in [-0.15, -0.1) is 0 Å². The maximum Gasteiger partial charge on any atom is 0.258 e. The number of rotatable bonds is 3. The van der Waals surface area contributed by atoms with Crippen molar-refractivity contribution in [3.8, 4) is 0 Å². The third kappa shape index (κ3) is 4.29. The zero-order valence-electron chi connectivity index (χ0n) is 18.9. The molecule has 172 valence electrons. The smallest absolute Gasteiger partial charge is 0.258 e. The van der Waals surface area contributed by atoms with Gasteiger partial charge in [0, 0.05) is 49.7 Å². The van der Waals surface area contributed by atoms with Crippen molar-refractivity contribution in [1.82, 2.24) is 9.80 Å². The fraction of sp³-hybridized carbons (Fsp3) is 0.615. The summed E-state index contributed by atoms with van der Waals surface area (Å²) in [6.45, 7) is 3.75. The van der Waals surface area contributed by atoms with Gasteiger partial charge in [-0.1, -0.05) is 6.08 Å². The van der Waals surface area contributed by atoms with Crippen LogP contribution in [-0.2, 0) is 4.79 Å². The largest absolute Gasteiger partial charge is 0.393 e. The molecule has 1 aromatic rings. The van der Waals surface area contributed by atoms with Crippen LogP contribution in [0.15, 0.2) is 36.0 Å². The van der Waals surface area contributed by atoms with Crippen molar-refractivity contribution in [2.75, 3.05) is 37.6 Å². The molecule has 4 aliphatic rings. The number of hydrogen-bond acceptors (Lipinski definition) is 4. The monoisotopic (exact) mass is 437 g/mol. The Morgan fingerprint density at radius 3 is 2.41 bits per heavy atom. The van der Waals surface area contributed by atoms with Crippen molar-refractivity contribution >= 4 is 17.5 Å². The van der Waals surface area contributed by atoms with E-state index in [1.54, 1.807) is 0 Å². The Hall–Kier alpha value is -2.34. The van der Waals surface area contributed by atoms with Crippen LogP contribution in [0, 0.1) is 11.8 Å². The molecule has 3 fully saturated rings. The second kappa shape index (κ2) is 9.26. The fourth-order valence-corrected chi connectivity index (χ4v) is 5.91. The number of carbonyl (C=O) groups excluding carboxylic acids is 2. The van der Waals surface area contributed by atoms with Crippen molar-refractivity contribution in [3.63, 3.8) is 0 Å². The molecule has 32 heavy (non-hydrogen) atoms. The molecular weight excluding hydrogens is 402 g/mol. The molecule has 1 aromatic carbocycles. The van der Waals surface area contributed by atoms with E-state index in [1.165, 1.54) is 25.0 Å². The molecule has 6 heteroatoms. The minimum absolute atomic E-state index is 0.0232. The molecule has 0 spiro atoms. The summed E-state index contributed by atoms with van der Waals surface area (Å²) in [4.78, 5) is 32.3. The Morgan fingerprint density at radius 2 is 1.62 bits per heavy atom. The summed E-state index contributed by atoms with van der Waals surface area (Å²) in [5.74, 6) is 0.931. The summed E-state index contributed by atoms with van der Waals surface area (Å²) >= 11 is 0. The van der Waals surface area contributed by atoms with E-state index in [9.17, 15) is 14.7 Å². The highest BCUT2D eigenvalue weighted by Gasteiger charge is 2.34. The van der Waals surface area contributed by atoms with Gasteiger partial charge >= 0.3 is 0 Å². The van der Waals surface area contributed by atoms with Gasteiger partial charge in [-0.05, 0) is 81.5 Å². The number of aliphatic hydroxyl groups is 1. The lowest BCUT2D eigenvalue weighted by molar-refractivity contribution is -0.136. The molecule has 0 aromatic heterocycles. The van der Waals surface area contributed by atoms with Gasteiger partial charge in [0.1, 0.15) is 0 Å². The SMILES string of the molecule is O=C(C1CCN(c2ccc(C(=O)N3CCCC4CCCC=C43)cc2)C1)N1CCC(O)CC1. The van der Waals surface area contributed by atoms with Crippen LogP contribution in [0.5, 0.6) is 0 Å². The minimum Gasteiger partial charge on any atom is -0.393 e. The summed E-state index contributed by atoms with van der Waals surface area (Å²) in [6, 6.07) is 7.97. The second-order valence-corrected chi connectivity index (χ2v) is 9.89. The van der Waals surface area contributed by atoms with Crippen LogP contribution in [0.25, 0.3) is 0 Å². The number of carbonyl (C=O) groups is 2. The van der Waals surface area contributed by atoms with Crippen LogP contribution in [-0.4, -0.2) is 65.5 Å². The van der Waals surface area contributed by atoms with Crippen molar-refractivity contribution in [1.29, 1.82) is 0 Å². The van der Waals surface area contributed by atoms with Crippen molar-refractivity contribution in [3.05, 3.63) is 41.6 Å². The van der Waals surface area contributed by atoms with Gasteiger partial charge in [0.25, 0.3) is 5.91 Å². The maximum absolute atomic E-state index is 13.2.